The van der Waals surface area contributed by atoms with Crippen molar-refractivity contribution in [3.05, 3.63) is 47.5 Å². The molecule has 0 spiro atoms. The second kappa shape index (κ2) is 3.69. The molecule has 1 aromatic heterocycles. The molecular formula is C12H10N4O2. The van der Waals surface area contributed by atoms with Gasteiger partial charge in [0, 0.05) is 11.9 Å². The van der Waals surface area contributed by atoms with Gasteiger partial charge in [-0.15, -0.1) is 0 Å². The number of aromatic amines is 1. The van der Waals surface area contributed by atoms with Gasteiger partial charge in [-0.05, 0) is 12.1 Å². The van der Waals surface area contributed by atoms with E-state index in [1.54, 1.807) is 24.4 Å². The van der Waals surface area contributed by atoms with E-state index in [1.807, 2.05) is 0 Å². The summed E-state index contributed by atoms with van der Waals surface area (Å²) in [6.45, 7) is 0.172. The summed E-state index contributed by atoms with van der Waals surface area (Å²) >= 11 is 0. The Hall–Kier alpha value is -2.63. The average molecular weight is 242 g/mol. The van der Waals surface area contributed by atoms with E-state index in [-0.39, 0.29) is 18.4 Å². The van der Waals surface area contributed by atoms with Crippen LogP contribution in [0.5, 0.6) is 0 Å². The van der Waals surface area contributed by atoms with Crippen LogP contribution in [0.2, 0.25) is 0 Å². The van der Waals surface area contributed by atoms with Crippen LogP contribution in [-0.2, 0) is 6.54 Å². The molecule has 2 heterocycles. The molecule has 3 N–H and O–H groups in total. The molecule has 6 nitrogen and oxygen atoms in total. The number of carbonyl (C=O) groups excluding carboxylic acids is 2. The number of benzene rings is 1. The Kier molecular flexibility index (Phi) is 2.16. The lowest BCUT2D eigenvalue weighted by atomic mass is 10.1. The van der Waals surface area contributed by atoms with E-state index >= 15 is 0 Å². The molecule has 1 aliphatic rings. The molecule has 0 aliphatic carbocycles. The van der Waals surface area contributed by atoms with Crippen LogP contribution in [0.25, 0.3) is 0 Å². The first-order valence-corrected chi connectivity index (χ1v) is 5.40. The Labute approximate surface area is 102 Å². The first-order valence-electron chi connectivity index (χ1n) is 5.40. The van der Waals surface area contributed by atoms with Crippen molar-refractivity contribution in [2.24, 2.45) is 0 Å². The summed E-state index contributed by atoms with van der Waals surface area (Å²) in [6, 6.07) is 4.89. The summed E-state index contributed by atoms with van der Waals surface area (Å²) in [5.41, 5.74) is 7.42. The van der Waals surface area contributed by atoms with Crippen LogP contribution < -0.4 is 5.73 Å². The highest BCUT2D eigenvalue weighted by molar-refractivity contribution is 6.23. The maximum atomic E-state index is 12.1. The Balaban J connectivity index is 2.00. The van der Waals surface area contributed by atoms with Crippen LogP contribution >= 0.6 is 0 Å². The van der Waals surface area contributed by atoms with Gasteiger partial charge in [-0.2, -0.15) is 0 Å². The van der Waals surface area contributed by atoms with Gasteiger partial charge < -0.3 is 10.7 Å². The van der Waals surface area contributed by atoms with Crippen LogP contribution in [0, 0.1) is 0 Å². The number of rotatable bonds is 2. The summed E-state index contributed by atoms with van der Waals surface area (Å²) in [4.78, 5) is 32.1. The number of imidazole rings is 1. The number of nitrogen functional groups attached to an aromatic ring is 1. The molecule has 0 fully saturated rings. The van der Waals surface area contributed by atoms with Crippen LogP contribution in [-0.4, -0.2) is 26.7 Å². The van der Waals surface area contributed by atoms with Crippen molar-refractivity contribution >= 4 is 17.5 Å². The zero-order chi connectivity index (χ0) is 12.7. The van der Waals surface area contributed by atoms with Crippen molar-refractivity contribution in [3.8, 4) is 0 Å². The van der Waals surface area contributed by atoms with Gasteiger partial charge in [0.1, 0.15) is 0 Å². The Morgan fingerprint density at radius 3 is 2.78 bits per heavy atom. The fourth-order valence-corrected chi connectivity index (χ4v) is 2.04. The van der Waals surface area contributed by atoms with Gasteiger partial charge in [-0.1, -0.05) is 6.07 Å². The number of nitrogens with two attached hydrogens (primary N) is 1. The summed E-state index contributed by atoms with van der Waals surface area (Å²) in [5, 5.41) is 0. The molecule has 0 bridgehead atoms. The molecule has 0 unspecified atom stereocenters. The molecule has 3 rings (SSSR count). The molecule has 6 heteroatoms. The molecule has 90 valence electrons. The van der Waals surface area contributed by atoms with E-state index in [1.165, 1.54) is 6.33 Å². The van der Waals surface area contributed by atoms with Crippen molar-refractivity contribution in [1.29, 1.82) is 0 Å². The first kappa shape index (κ1) is 10.5. The molecule has 0 radical (unpaired) electrons. The van der Waals surface area contributed by atoms with Crippen molar-refractivity contribution in [2.45, 2.75) is 6.54 Å². The lowest BCUT2D eigenvalue weighted by molar-refractivity contribution is 0.0641. The SMILES string of the molecule is Nc1cccc2c1C(=O)N(Cc1cnc[nH]1)C2=O. The van der Waals surface area contributed by atoms with Crippen LogP contribution in [0.15, 0.2) is 30.7 Å². The van der Waals surface area contributed by atoms with Crippen molar-refractivity contribution in [2.75, 3.05) is 5.73 Å². The van der Waals surface area contributed by atoms with Crippen molar-refractivity contribution in [1.82, 2.24) is 14.9 Å². The van der Waals surface area contributed by atoms with Gasteiger partial charge in [0.2, 0.25) is 0 Å². The van der Waals surface area contributed by atoms with E-state index in [4.69, 9.17) is 5.73 Å². The third-order valence-corrected chi connectivity index (χ3v) is 2.91. The number of imide groups is 1. The van der Waals surface area contributed by atoms with E-state index in [0.717, 1.165) is 4.90 Å². The Morgan fingerprint density at radius 1 is 1.28 bits per heavy atom. The minimum absolute atomic E-state index is 0.172. The van der Waals surface area contributed by atoms with Gasteiger partial charge in [-0.3, -0.25) is 14.5 Å². The van der Waals surface area contributed by atoms with Crippen LogP contribution in [0.4, 0.5) is 5.69 Å². The predicted octanol–water partition coefficient (Wildman–Crippen LogP) is 0.788. The monoisotopic (exact) mass is 242 g/mol. The molecule has 2 aromatic rings. The molecule has 0 saturated carbocycles. The number of aromatic nitrogens is 2. The normalized spacial score (nSPS) is 14.1. The maximum Gasteiger partial charge on any atom is 0.264 e. The highest BCUT2D eigenvalue weighted by Crippen LogP contribution is 2.28. The van der Waals surface area contributed by atoms with E-state index < -0.39 is 0 Å². The minimum atomic E-state index is -0.359. The van der Waals surface area contributed by atoms with Gasteiger partial charge in [0.25, 0.3) is 11.8 Å². The van der Waals surface area contributed by atoms with Gasteiger partial charge in [0.05, 0.1) is 29.7 Å². The summed E-state index contributed by atoms with van der Waals surface area (Å²) in [5.74, 6) is -0.681. The molecular weight excluding hydrogens is 232 g/mol. The quantitative estimate of drug-likeness (QED) is 0.601. The molecule has 1 aromatic carbocycles. The number of anilines is 1. The summed E-state index contributed by atoms with van der Waals surface area (Å²) < 4.78 is 0. The predicted molar refractivity (Wildman–Crippen MR) is 63.6 cm³/mol. The minimum Gasteiger partial charge on any atom is -0.398 e. The number of nitrogens with zero attached hydrogens (tertiary/aromatic N) is 2. The molecule has 2 amide bonds. The van der Waals surface area contributed by atoms with Crippen molar-refractivity contribution in [3.63, 3.8) is 0 Å². The zero-order valence-corrected chi connectivity index (χ0v) is 9.38. The number of hydrogen-bond acceptors (Lipinski definition) is 4. The lowest BCUT2D eigenvalue weighted by Gasteiger charge is -2.11. The van der Waals surface area contributed by atoms with E-state index in [9.17, 15) is 9.59 Å². The number of hydrogen-bond donors (Lipinski definition) is 2. The standard InChI is InChI=1S/C12H10N4O2/c13-9-3-1-2-8-10(9)12(18)16(11(8)17)5-7-4-14-6-15-7/h1-4,6H,5,13H2,(H,14,15). The Bertz CT molecular complexity index is 634. The number of nitrogens with one attached hydrogen (secondary N) is 1. The first-order chi connectivity index (χ1) is 8.68. The third kappa shape index (κ3) is 1.39. The summed E-state index contributed by atoms with van der Waals surface area (Å²) in [7, 11) is 0. The zero-order valence-electron chi connectivity index (χ0n) is 9.38. The van der Waals surface area contributed by atoms with Gasteiger partial charge >= 0.3 is 0 Å². The smallest absolute Gasteiger partial charge is 0.264 e. The second-order valence-corrected chi connectivity index (χ2v) is 4.04. The van der Waals surface area contributed by atoms with Gasteiger partial charge in [-0.25, -0.2) is 4.98 Å². The number of H-pyrrole nitrogens is 1. The molecule has 18 heavy (non-hydrogen) atoms. The van der Waals surface area contributed by atoms with Crippen LogP contribution in [0.1, 0.15) is 26.4 Å². The maximum absolute atomic E-state index is 12.1. The topological polar surface area (TPSA) is 92.1 Å². The third-order valence-electron chi connectivity index (χ3n) is 2.91. The van der Waals surface area contributed by atoms with Crippen LogP contribution in [0.3, 0.4) is 0 Å². The fourth-order valence-electron chi connectivity index (χ4n) is 2.04. The molecule has 0 atom stereocenters. The Morgan fingerprint density at radius 2 is 2.11 bits per heavy atom. The number of carbonyl (C=O) groups is 2. The summed E-state index contributed by atoms with van der Waals surface area (Å²) in [6.07, 6.45) is 3.08. The highest BCUT2D eigenvalue weighted by Gasteiger charge is 2.36. The van der Waals surface area contributed by atoms with Crippen molar-refractivity contribution < 1.29 is 9.59 Å². The molecule has 1 aliphatic heterocycles. The largest absolute Gasteiger partial charge is 0.398 e. The molecule has 0 saturated heterocycles. The average Bonchev–Trinajstić information content (AvgIpc) is 2.94. The second-order valence-electron chi connectivity index (χ2n) is 4.04. The fraction of sp³-hybridized carbons (Fsp3) is 0.0833. The number of amides is 2. The van der Waals surface area contributed by atoms with Gasteiger partial charge in [0.15, 0.2) is 0 Å². The lowest BCUT2D eigenvalue weighted by Crippen LogP contribution is -2.29. The van der Waals surface area contributed by atoms with E-state index in [2.05, 4.69) is 9.97 Å². The highest BCUT2D eigenvalue weighted by atomic mass is 16.2. The van der Waals surface area contributed by atoms with E-state index in [0.29, 0.717) is 22.5 Å². The number of fused-ring (bicyclic) bond motifs is 1.